The first-order valence-corrected chi connectivity index (χ1v) is 6.70. The second-order valence-corrected chi connectivity index (χ2v) is 5.59. The normalized spacial score (nSPS) is 11.6. The zero-order valence-corrected chi connectivity index (χ0v) is 12.3. The fourth-order valence-corrected chi connectivity index (χ4v) is 2.25. The van der Waals surface area contributed by atoms with Crippen molar-refractivity contribution in [2.75, 3.05) is 0 Å². The first kappa shape index (κ1) is 12.7. The van der Waals surface area contributed by atoms with E-state index in [1.807, 2.05) is 0 Å². The molecule has 0 bridgehead atoms. The summed E-state index contributed by atoms with van der Waals surface area (Å²) in [5.74, 6) is 0.995. The number of rotatable bonds is 3. The first-order chi connectivity index (χ1) is 7.99. The van der Waals surface area contributed by atoms with Gasteiger partial charge in [0.2, 0.25) is 0 Å². The summed E-state index contributed by atoms with van der Waals surface area (Å²) in [4.78, 5) is 0. The Kier molecular flexibility index (Phi) is 3.59. The minimum atomic E-state index is 0.470. The van der Waals surface area contributed by atoms with E-state index < -0.39 is 0 Å². The van der Waals surface area contributed by atoms with Gasteiger partial charge in [0.15, 0.2) is 0 Å². The third-order valence-corrected chi connectivity index (χ3v) is 4.14. The first-order valence-electron chi connectivity index (χ1n) is 5.90. The Morgan fingerprint density at radius 1 is 1.29 bits per heavy atom. The van der Waals surface area contributed by atoms with Gasteiger partial charge in [-0.2, -0.15) is 0 Å². The van der Waals surface area contributed by atoms with E-state index in [-0.39, 0.29) is 0 Å². The molecule has 17 heavy (non-hydrogen) atoms. The standard InChI is InChI=1S/C14H18BrNO/c1-8(2)16-7-11-6-12-10(4)14(15)9(3)5-13(12)17-11/h5-6,8,16H,7H2,1-4H3. The maximum absolute atomic E-state index is 5.85. The van der Waals surface area contributed by atoms with Crippen molar-refractivity contribution in [3.8, 4) is 0 Å². The van der Waals surface area contributed by atoms with E-state index in [4.69, 9.17) is 4.42 Å². The largest absolute Gasteiger partial charge is 0.460 e. The molecular weight excluding hydrogens is 278 g/mol. The molecule has 1 heterocycles. The van der Waals surface area contributed by atoms with Crippen LogP contribution in [-0.2, 0) is 6.54 Å². The minimum absolute atomic E-state index is 0.470. The smallest absolute Gasteiger partial charge is 0.134 e. The quantitative estimate of drug-likeness (QED) is 0.913. The molecule has 0 aliphatic rings. The Morgan fingerprint density at radius 3 is 2.65 bits per heavy atom. The monoisotopic (exact) mass is 295 g/mol. The van der Waals surface area contributed by atoms with E-state index >= 15 is 0 Å². The predicted molar refractivity (Wildman–Crippen MR) is 75.4 cm³/mol. The fourth-order valence-electron chi connectivity index (χ4n) is 1.92. The molecule has 0 saturated carbocycles. The molecule has 1 aromatic carbocycles. The Hall–Kier alpha value is -0.800. The van der Waals surface area contributed by atoms with Gasteiger partial charge in [-0.25, -0.2) is 0 Å². The van der Waals surface area contributed by atoms with Crippen LogP contribution in [0.2, 0.25) is 0 Å². The van der Waals surface area contributed by atoms with Gasteiger partial charge in [0.1, 0.15) is 11.3 Å². The van der Waals surface area contributed by atoms with E-state index in [2.05, 4.69) is 61.1 Å². The molecule has 2 rings (SSSR count). The summed E-state index contributed by atoms with van der Waals surface area (Å²) < 4.78 is 7.03. The number of hydrogen-bond acceptors (Lipinski definition) is 2. The van der Waals surface area contributed by atoms with E-state index in [1.165, 1.54) is 21.0 Å². The lowest BCUT2D eigenvalue weighted by Gasteiger charge is -2.04. The van der Waals surface area contributed by atoms with Gasteiger partial charge in [0, 0.05) is 15.9 Å². The van der Waals surface area contributed by atoms with Crippen molar-refractivity contribution in [3.05, 3.63) is 33.5 Å². The number of halogens is 1. The van der Waals surface area contributed by atoms with Crippen LogP contribution in [0, 0.1) is 13.8 Å². The lowest BCUT2D eigenvalue weighted by Crippen LogP contribution is -2.21. The van der Waals surface area contributed by atoms with Crippen LogP contribution in [0.3, 0.4) is 0 Å². The van der Waals surface area contributed by atoms with Crippen LogP contribution >= 0.6 is 15.9 Å². The molecule has 1 N–H and O–H groups in total. The average molecular weight is 296 g/mol. The average Bonchev–Trinajstić information content (AvgIpc) is 2.66. The zero-order valence-electron chi connectivity index (χ0n) is 10.7. The van der Waals surface area contributed by atoms with E-state index in [0.717, 1.165) is 17.9 Å². The van der Waals surface area contributed by atoms with Crippen LogP contribution in [0.5, 0.6) is 0 Å². The third-order valence-electron chi connectivity index (χ3n) is 2.92. The minimum Gasteiger partial charge on any atom is -0.460 e. The third kappa shape index (κ3) is 2.55. The van der Waals surface area contributed by atoms with Gasteiger partial charge >= 0.3 is 0 Å². The second kappa shape index (κ2) is 4.83. The lowest BCUT2D eigenvalue weighted by molar-refractivity contribution is 0.488. The van der Waals surface area contributed by atoms with Crippen molar-refractivity contribution in [1.29, 1.82) is 0 Å². The highest BCUT2D eigenvalue weighted by molar-refractivity contribution is 9.10. The van der Waals surface area contributed by atoms with Crippen LogP contribution in [0.15, 0.2) is 21.0 Å². The van der Waals surface area contributed by atoms with Crippen molar-refractivity contribution in [2.24, 2.45) is 0 Å². The van der Waals surface area contributed by atoms with Crippen LogP contribution in [0.4, 0.5) is 0 Å². The highest BCUT2D eigenvalue weighted by Gasteiger charge is 2.10. The van der Waals surface area contributed by atoms with E-state index in [1.54, 1.807) is 0 Å². The molecule has 0 radical (unpaired) electrons. The summed E-state index contributed by atoms with van der Waals surface area (Å²) in [6.45, 7) is 9.26. The Bertz CT molecular complexity index is 543. The topological polar surface area (TPSA) is 25.2 Å². The predicted octanol–water partition coefficient (Wildman–Crippen LogP) is 4.31. The van der Waals surface area contributed by atoms with Crippen molar-refractivity contribution in [2.45, 2.75) is 40.3 Å². The second-order valence-electron chi connectivity index (χ2n) is 4.79. The van der Waals surface area contributed by atoms with Crippen LogP contribution < -0.4 is 5.32 Å². The molecule has 0 atom stereocenters. The van der Waals surface area contributed by atoms with Crippen molar-refractivity contribution in [3.63, 3.8) is 0 Å². The van der Waals surface area contributed by atoms with Gasteiger partial charge in [-0.1, -0.05) is 29.8 Å². The van der Waals surface area contributed by atoms with Gasteiger partial charge in [0.25, 0.3) is 0 Å². The van der Waals surface area contributed by atoms with Gasteiger partial charge in [-0.05, 0) is 37.1 Å². The summed E-state index contributed by atoms with van der Waals surface area (Å²) in [5.41, 5.74) is 3.44. The van der Waals surface area contributed by atoms with E-state index in [9.17, 15) is 0 Å². The number of fused-ring (bicyclic) bond motifs is 1. The highest BCUT2D eigenvalue weighted by atomic mass is 79.9. The van der Waals surface area contributed by atoms with Crippen LogP contribution in [0.25, 0.3) is 11.0 Å². The number of hydrogen-bond donors (Lipinski definition) is 1. The molecule has 0 unspecified atom stereocenters. The van der Waals surface area contributed by atoms with Crippen LogP contribution in [0.1, 0.15) is 30.7 Å². The Labute approximate surface area is 111 Å². The molecule has 0 saturated heterocycles. The van der Waals surface area contributed by atoms with Crippen molar-refractivity contribution in [1.82, 2.24) is 5.32 Å². The molecule has 92 valence electrons. The SMILES string of the molecule is Cc1cc2oc(CNC(C)C)cc2c(C)c1Br. The Morgan fingerprint density at radius 2 is 2.00 bits per heavy atom. The molecule has 0 fully saturated rings. The zero-order chi connectivity index (χ0) is 12.6. The summed E-state index contributed by atoms with van der Waals surface area (Å²) >= 11 is 3.61. The van der Waals surface area contributed by atoms with Gasteiger partial charge < -0.3 is 9.73 Å². The Balaban J connectivity index is 2.40. The molecule has 2 aromatic rings. The number of benzene rings is 1. The lowest BCUT2D eigenvalue weighted by atomic mass is 10.1. The maximum atomic E-state index is 5.85. The van der Waals surface area contributed by atoms with Crippen molar-refractivity contribution < 1.29 is 4.42 Å². The van der Waals surface area contributed by atoms with Gasteiger partial charge in [0.05, 0.1) is 6.54 Å². The van der Waals surface area contributed by atoms with E-state index in [0.29, 0.717) is 6.04 Å². The van der Waals surface area contributed by atoms with Crippen LogP contribution in [-0.4, -0.2) is 6.04 Å². The van der Waals surface area contributed by atoms with Gasteiger partial charge in [-0.15, -0.1) is 0 Å². The molecule has 0 aliphatic heterocycles. The number of furan rings is 1. The molecule has 1 aromatic heterocycles. The molecule has 3 heteroatoms. The number of aryl methyl sites for hydroxylation is 2. The summed E-state index contributed by atoms with van der Waals surface area (Å²) in [6, 6.07) is 4.69. The fraction of sp³-hybridized carbons (Fsp3) is 0.429. The molecule has 0 aliphatic carbocycles. The number of nitrogens with one attached hydrogen (secondary N) is 1. The summed E-state index contributed by atoms with van der Waals surface area (Å²) in [5, 5.41) is 4.56. The summed E-state index contributed by atoms with van der Waals surface area (Å²) in [7, 11) is 0. The molecule has 2 nitrogen and oxygen atoms in total. The highest BCUT2D eigenvalue weighted by Crippen LogP contribution is 2.31. The molecule has 0 spiro atoms. The van der Waals surface area contributed by atoms with Gasteiger partial charge in [-0.3, -0.25) is 0 Å². The molecular formula is C14H18BrNO. The maximum Gasteiger partial charge on any atom is 0.134 e. The van der Waals surface area contributed by atoms with Crippen molar-refractivity contribution >= 4 is 26.9 Å². The summed E-state index contributed by atoms with van der Waals surface area (Å²) in [6.07, 6.45) is 0. The molecule has 0 amide bonds.